The molecule has 0 saturated heterocycles. The number of halogens is 1. The zero-order chi connectivity index (χ0) is 13.8. The van der Waals surface area contributed by atoms with Crippen molar-refractivity contribution >= 4 is 5.97 Å². The SMILES string of the molecule is Cc1cccnc1COc1cccc(F)c1C(=O)O. The summed E-state index contributed by atoms with van der Waals surface area (Å²) in [6.45, 7) is 1.96. The zero-order valence-electron chi connectivity index (χ0n) is 10.3. The molecular formula is C14H12FNO3. The number of carboxylic acids is 1. The van der Waals surface area contributed by atoms with Crippen LogP contribution < -0.4 is 4.74 Å². The molecule has 1 heterocycles. The molecule has 2 rings (SSSR count). The van der Waals surface area contributed by atoms with Gasteiger partial charge in [0, 0.05) is 6.20 Å². The van der Waals surface area contributed by atoms with E-state index in [4.69, 9.17) is 9.84 Å². The van der Waals surface area contributed by atoms with Crippen LogP contribution in [-0.2, 0) is 6.61 Å². The van der Waals surface area contributed by atoms with Crippen molar-refractivity contribution in [1.82, 2.24) is 4.98 Å². The van der Waals surface area contributed by atoms with Gasteiger partial charge < -0.3 is 9.84 Å². The van der Waals surface area contributed by atoms with E-state index in [1.165, 1.54) is 12.1 Å². The number of benzene rings is 1. The largest absolute Gasteiger partial charge is 0.486 e. The molecule has 19 heavy (non-hydrogen) atoms. The average molecular weight is 261 g/mol. The second-order valence-corrected chi connectivity index (χ2v) is 3.97. The molecule has 1 aromatic carbocycles. The standard InChI is InChI=1S/C14H12FNO3/c1-9-4-3-7-16-11(9)8-19-12-6-2-5-10(15)13(12)14(17)18/h2-7H,8H2,1H3,(H,17,18). The Bertz CT molecular complexity index is 613. The van der Waals surface area contributed by atoms with Gasteiger partial charge in [0.1, 0.15) is 23.7 Å². The maximum Gasteiger partial charge on any atom is 0.342 e. The summed E-state index contributed by atoms with van der Waals surface area (Å²) in [6.07, 6.45) is 1.62. The number of rotatable bonds is 4. The molecule has 0 bridgehead atoms. The van der Waals surface area contributed by atoms with E-state index < -0.39 is 17.3 Å². The lowest BCUT2D eigenvalue weighted by molar-refractivity contribution is 0.0686. The van der Waals surface area contributed by atoms with Crippen LogP contribution in [0.25, 0.3) is 0 Å². The Morgan fingerprint density at radius 1 is 1.37 bits per heavy atom. The van der Waals surface area contributed by atoms with Gasteiger partial charge in [0.2, 0.25) is 0 Å². The van der Waals surface area contributed by atoms with Gasteiger partial charge in [-0.25, -0.2) is 9.18 Å². The fraction of sp³-hybridized carbons (Fsp3) is 0.143. The Kier molecular flexibility index (Phi) is 3.75. The number of carboxylic acid groups (broad SMARTS) is 1. The first-order valence-corrected chi connectivity index (χ1v) is 5.64. The van der Waals surface area contributed by atoms with Crippen LogP contribution in [0.1, 0.15) is 21.6 Å². The molecule has 0 aliphatic carbocycles. The maximum atomic E-state index is 13.4. The molecule has 98 valence electrons. The number of aromatic nitrogens is 1. The van der Waals surface area contributed by atoms with Crippen molar-refractivity contribution in [2.75, 3.05) is 0 Å². The smallest absolute Gasteiger partial charge is 0.342 e. The van der Waals surface area contributed by atoms with Crippen LogP contribution in [0.4, 0.5) is 4.39 Å². The van der Waals surface area contributed by atoms with Gasteiger partial charge in [0.15, 0.2) is 0 Å². The zero-order valence-corrected chi connectivity index (χ0v) is 10.3. The molecule has 4 nitrogen and oxygen atoms in total. The van der Waals surface area contributed by atoms with Crippen molar-refractivity contribution in [3.8, 4) is 5.75 Å². The summed E-state index contributed by atoms with van der Waals surface area (Å²) in [6, 6.07) is 7.58. The highest BCUT2D eigenvalue weighted by Gasteiger charge is 2.17. The van der Waals surface area contributed by atoms with Gasteiger partial charge in [0.05, 0.1) is 5.69 Å². The van der Waals surface area contributed by atoms with Crippen LogP contribution in [0.5, 0.6) is 5.75 Å². The average Bonchev–Trinajstić information content (AvgIpc) is 2.37. The highest BCUT2D eigenvalue weighted by atomic mass is 19.1. The Balaban J connectivity index is 2.23. The summed E-state index contributed by atoms with van der Waals surface area (Å²) in [5, 5.41) is 8.96. The van der Waals surface area contributed by atoms with Crippen LogP contribution in [-0.4, -0.2) is 16.1 Å². The molecule has 0 amide bonds. The van der Waals surface area contributed by atoms with Crippen molar-refractivity contribution in [3.63, 3.8) is 0 Å². The lowest BCUT2D eigenvalue weighted by Crippen LogP contribution is -2.07. The van der Waals surface area contributed by atoms with E-state index in [1.807, 2.05) is 13.0 Å². The quantitative estimate of drug-likeness (QED) is 0.919. The third kappa shape index (κ3) is 2.88. The number of aryl methyl sites for hydroxylation is 1. The van der Waals surface area contributed by atoms with E-state index in [0.29, 0.717) is 5.69 Å². The van der Waals surface area contributed by atoms with Crippen LogP contribution in [0.3, 0.4) is 0 Å². The summed E-state index contributed by atoms with van der Waals surface area (Å²) < 4.78 is 18.8. The number of ether oxygens (including phenoxy) is 1. The predicted octanol–water partition coefficient (Wildman–Crippen LogP) is 2.81. The van der Waals surface area contributed by atoms with E-state index >= 15 is 0 Å². The minimum atomic E-state index is -1.36. The van der Waals surface area contributed by atoms with E-state index in [2.05, 4.69) is 4.98 Å². The fourth-order valence-electron chi connectivity index (χ4n) is 1.65. The Labute approximate surface area is 109 Å². The van der Waals surface area contributed by atoms with E-state index in [9.17, 15) is 9.18 Å². The first-order valence-electron chi connectivity index (χ1n) is 5.64. The molecule has 5 heteroatoms. The van der Waals surface area contributed by atoms with Crippen molar-refractivity contribution in [1.29, 1.82) is 0 Å². The highest BCUT2D eigenvalue weighted by Crippen LogP contribution is 2.22. The molecule has 1 aromatic heterocycles. The molecule has 0 aliphatic rings. The number of pyridine rings is 1. The number of aromatic carboxylic acids is 1. The molecule has 1 N–H and O–H groups in total. The molecular weight excluding hydrogens is 249 g/mol. The van der Waals surface area contributed by atoms with Crippen molar-refractivity contribution in [2.24, 2.45) is 0 Å². The summed E-state index contributed by atoms with van der Waals surface area (Å²) in [5.41, 5.74) is 1.15. The van der Waals surface area contributed by atoms with E-state index in [0.717, 1.165) is 11.6 Å². The molecule has 0 saturated carbocycles. The Morgan fingerprint density at radius 2 is 2.16 bits per heavy atom. The first-order chi connectivity index (χ1) is 9.09. The number of nitrogens with zero attached hydrogens (tertiary/aromatic N) is 1. The van der Waals surface area contributed by atoms with E-state index in [-0.39, 0.29) is 12.4 Å². The van der Waals surface area contributed by atoms with Gasteiger partial charge in [-0.05, 0) is 30.7 Å². The van der Waals surface area contributed by atoms with Crippen molar-refractivity contribution in [3.05, 3.63) is 59.2 Å². The van der Waals surface area contributed by atoms with Crippen molar-refractivity contribution in [2.45, 2.75) is 13.5 Å². The van der Waals surface area contributed by atoms with Gasteiger partial charge >= 0.3 is 5.97 Å². The maximum absolute atomic E-state index is 13.4. The Hall–Kier alpha value is -2.43. The van der Waals surface area contributed by atoms with Crippen LogP contribution in [0.2, 0.25) is 0 Å². The van der Waals surface area contributed by atoms with Gasteiger partial charge in [-0.3, -0.25) is 4.98 Å². The summed E-state index contributed by atoms with van der Waals surface area (Å²) in [5.74, 6) is -2.17. The third-order valence-electron chi connectivity index (χ3n) is 2.67. The van der Waals surface area contributed by atoms with Gasteiger partial charge in [-0.15, -0.1) is 0 Å². The molecule has 0 atom stereocenters. The highest BCUT2D eigenvalue weighted by molar-refractivity contribution is 5.91. The molecule has 0 aliphatic heterocycles. The van der Waals surface area contributed by atoms with Gasteiger partial charge in [0.25, 0.3) is 0 Å². The van der Waals surface area contributed by atoms with Crippen LogP contribution in [0.15, 0.2) is 36.5 Å². The summed E-state index contributed by atoms with van der Waals surface area (Å²) in [4.78, 5) is 15.1. The normalized spacial score (nSPS) is 10.2. The summed E-state index contributed by atoms with van der Waals surface area (Å²) in [7, 11) is 0. The third-order valence-corrected chi connectivity index (χ3v) is 2.67. The minimum absolute atomic E-state index is 0.00227. The molecule has 0 fully saturated rings. The first kappa shape index (κ1) is 13.0. The summed E-state index contributed by atoms with van der Waals surface area (Å²) >= 11 is 0. The number of carbonyl (C=O) groups is 1. The van der Waals surface area contributed by atoms with Gasteiger partial charge in [-0.1, -0.05) is 12.1 Å². The molecule has 2 aromatic rings. The van der Waals surface area contributed by atoms with Crippen LogP contribution in [0, 0.1) is 12.7 Å². The number of hydrogen-bond acceptors (Lipinski definition) is 3. The lowest BCUT2D eigenvalue weighted by atomic mass is 10.2. The second-order valence-electron chi connectivity index (χ2n) is 3.97. The van der Waals surface area contributed by atoms with E-state index in [1.54, 1.807) is 12.3 Å². The van der Waals surface area contributed by atoms with Gasteiger partial charge in [-0.2, -0.15) is 0 Å². The lowest BCUT2D eigenvalue weighted by Gasteiger charge is -2.10. The molecule has 0 spiro atoms. The predicted molar refractivity (Wildman–Crippen MR) is 66.7 cm³/mol. The second kappa shape index (κ2) is 5.48. The number of hydrogen-bond donors (Lipinski definition) is 1. The monoisotopic (exact) mass is 261 g/mol. The topological polar surface area (TPSA) is 59.4 Å². The fourth-order valence-corrected chi connectivity index (χ4v) is 1.65. The van der Waals surface area contributed by atoms with Crippen LogP contribution >= 0.6 is 0 Å². The minimum Gasteiger partial charge on any atom is -0.486 e. The Morgan fingerprint density at radius 3 is 2.84 bits per heavy atom. The molecule has 0 radical (unpaired) electrons. The molecule has 0 unspecified atom stereocenters. The van der Waals surface area contributed by atoms with Crippen molar-refractivity contribution < 1.29 is 19.0 Å².